The summed E-state index contributed by atoms with van der Waals surface area (Å²) in [4.78, 5) is 39.4. The lowest BCUT2D eigenvalue weighted by Crippen LogP contribution is -2.45. The van der Waals surface area contributed by atoms with Crippen molar-refractivity contribution < 1.29 is 27.5 Å². The Balaban J connectivity index is 2.05. The molecule has 1 aliphatic rings. The van der Waals surface area contributed by atoms with E-state index in [-0.39, 0.29) is 10.7 Å². The normalized spacial score (nSPS) is 18.0. The molecule has 1 aromatic carbocycles. The summed E-state index contributed by atoms with van der Waals surface area (Å²) in [5.41, 5.74) is 0.346. The van der Waals surface area contributed by atoms with Crippen molar-refractivity contribution in [2.45, 2.75) is 37.8 Å². The van der Waals surface area contributed by atoms with Crippen molar-refractivity contribution in [3.63, 3.8) is 0 Å². The summed E-state index contributed by atoms with van der Waals surface area (Å²) in [7, 11) is -3.72. The van der Waals surface area contributed by atoms with E-state index in [4.69, 9.17) is 4.74 Å². The van der Waals surface area contributed by atoms with Gasteiger partial charge in [0, 0.05) is 12.1 Å². The number of amides is 3. The van der Waals surface area contributed by atoms with Crippen LogP contribution in [0.3, 0.4) is 0 Å². The third-order valence-corrected chi connectivity index (χ3v) is 4.96. The van der Waals surface area contributed by atoms with Gasteiger partial charge in [-0.15, -0.1) is 0 Å². The SMILES string of the molecule is CCNC(=O)NC(=O)C(C)OC(=O)[C@@H](C)N=C1NS(=O)(=O)c2ccccc21. The molecule has 0 saturated carbocycles. The van der Waals surface area contributed by atoms with E-state index in [2.05, 4.69) is 15.0 Å². The molecule has 0 spiro atoms. The number of hydrogen-bond donors (Lipinski definition) is 3. The Morgan fingerprint density at radius 2 is 1.89 bits per heavy atom. The number of amidine groups is 1. The number of urea groups is 1. The van der Waals surface area contributed by atoms with E-state index < -0.39 is 40.1 Å². The van der Waals surface area contributed by atoms with Gasteiger partial charge in [0.15, 0.2) is 6.10 Å². The predicted molar refractivity (Wildman–Crippen MR) is 95.5 cm³/mol. The van der Waals surface area contributed by atoms with Crippen molar-refractivity contribution in [1.29, 1.82) is 0 Å². The molecule has 0 aliphatic carbocycles. The highest BCUT2D eigenvalue weighted by Crippen LogP contribution is 2.22. The summed E-state index contributed by atoms with van der Waals surface area (Å²) in [6, 6.07) is 4.44. The van der Waals surface area contributed by atoms with Gasteiger partial charge in [-0.3, -0.25) is 19.8 Å². The second-order valence-corrected chi connectivity index (χ2v) is 7.33. The zero-order valence-electron chi connectivity index (χ0n) is 15.0. The maximum Gasteiger partial charge on any atom is 0.331 e. The van der Waals surface area contributed by atoms with Gasteiger partial charge in [-0.2, -0.15) is 0 Å². The number of esters is 1. The average molecular weight is 396 g/mol. The van der Waals surface area contributed by atoms with Crippen LogP contribution in [0, 0.1) is 0 Å². The highest BCUT2D eigenvalue weighted by Gasteiger charge is 2.31. The van der Waals surface area contributed by atoms with E-state index in [1.54, 1.807) is 25.1 Å². The van der Waals surface area contributed by atoms with Crippen molar-refractivity contribution >= 4 is 33.8 Å². The van der Waals surface area contributed by atoms with Gasteiger partial charge in [0.05, 0.1) is 4.90 Å². The summed E-state index contributed by atoms with van der Waals surface area (Å²) in [6.07, 6.45) is -1.23. The second-order valence-electron chi connectivity index (χ2n) is 5.68. The third-order valence-electron chi connectivity index (χ3n) is 3.56. The highest BCUT2D eigenvalue weighted by molar-refractivity contribution is 7.90. The summed E-state index contributed by atoms with van der Waals surface area (Å²) < 4.78 is 31.3. The molecular formula is C16H20N4O6S. The first-order chi connectivity index (χ1) is 12.7. The van der Waals surface area contributed by atoms with Crippen LogP contribution in [0.25, 0.3) is 0 Å². The molecule has 0 fully saturated rings. The molecule has 11 heteroatoms. The molecule has 146 valence electrons. The van der Waals surface area contributed by atoms with E-state index in [9.17, 15) is 22.8 Å². The topological polar surface area (TPSA) is 143 Å². The fourth-order valence-corrected chi connectivity index (χ4v) is 3.46. The minimum atomic E-state index is -3.72. The summed E-state index contributed by atoms with van der Waals surface area (Å²) in [5.74, 6) is -1.61. The molecule has 27 heavy (non-hydrogen) atoms. The van der Waals surface area contributed by atoms with Crippen LogP contribution in [0.2, 0.25) is 0 Å². The van der Waals surface area contributed by atoms with Gasteiger partial charge >= 0.3 is 12.0 Å². The fourth-order valence-electron chi connectivity index (χ4n) is 2.22. The van der Waals surface area contributed by atoms with Crippen molar-refractivity contribution in [1.82, 2.24) is 15.4 Å². The molecule has 2 rings (SSSR count). The Morgan fingerprint density at radius 1 is 1.22 bits per heavy atom. The average Bonchev–Trinajstić information content (AvgIpc) is 2.85. The molecular weight excluding hydrogens is 376 g/mol. The van der Waals surface area contributed by atoms with E-state index in [1.807, 2.05) is 5.32 Å². The molecule has 1 aliphatic heterocycles. The van der Waals surface area contributed by atoms with Crippen LogP contribution in [0.4, 0.5) is 4.79 Å². The monoisotopic (exact) mass is 396 g/mol. The largest absolute Gasteiger partial charge is 0.451 e. The Kier molecular flexibility index (Phi) is 6.16. The smallest absolute Gasteiger partial charge is 0.331 e. The number of carbonyl (C=O) groups is 3. The van der Waals surface area contributed by atoms with Gasteiger partial charge < -0.3 is 10.1 Å². The quantitative estimate of drug-likeness (QED) is 0.593. The van der Waals surface area contributed by atoms with Crippen LogP contribution in [0.15, 0.2) is 34.2 Å². The van der Waals surface area contributed by atoms with Crippen LogP contribution in [-0.4, -0.2) is 50.9 Å². The Bertz CT molecular complexity index is 896. The summed E-state index contributed by atoms with van der Waals surface area (Å²) in [5, 5.41) is 4.40. The lowest BCUT2D eigenvalue weighted by Gasteiger charge is -2.15. The standard InChI is InChI=1S/C16H20N4O6S/c1-4-17-16(23)19-14(21)10(3)26-15(22)9(2)18-13-11-7-5-6-8-12(11)27(24,25)20-13/h5-10H,4H2,1-3H3,(H,18,20)(H2,17,19,21,23)/t9-,10?/m1/s1. The number of nitrogens with zero attached hydrogens (tertiary/aromatic N) is 1. The number of aliphatic imine (C=N–C) groups is 1. The molecule has 2 atom stereocenters. The lowest BCUT2D eigenvalue weighted by molar-refractivity contribution is -0.155. The number of sulfonamides is 1. The first kappa shape index (κ1) is 20.4. The maximum atomic E-state index is 12.1. The molecule has 0 radical (unpaired) electrons. The van der Waals surface area contributed by atoms with Crippen LogP contribution >= 0.6 is 0 Å². The number of ether oxygens (including phenoxy) is 1. The Hall–Kier alpha value is -2.95. The summed E-state index contributed by atoms with van der Waals surface area (Å²) in [6.45, 7) is 4.72. The first-order valence-corrected chi connectivity index (χ1v) is 9.63. The zero-order valence-corrected chi connectivity index (χ0v) is 15.8. The lowest BCUT2D eigenvalue weighted by atomic mass is 10.2. The van der Waals surface area contributed by atoms with Crippen molar-refractivity contribution in [3.05, 3.63) is 29.8 Å². The maximum absolute atomic E-state index is 12.1. The number of benzene rings is 1. The number of nitrogens with one attached hydrogen (secondary N) is 3. The molecule has 1 aromatic rings. The van der Waals surface area contributed by atoms with Crippen LogP contribution in [-0.2, 0) is 24.3 Å². The van der Waals surface area contributed by atoms with Crippen LogP contribution in [0.1, 0.15) is 26.3 Å². The Labute approximate surface area is 156 Å². The van der Waals surface area contributed by atoms with E-state index in [0.29, 0.717) is 12.1 Å². The first-order valence-electron chi connectivity index (χ1n) is 8.15. The van der Waals surface area contributed by atoms with Crippen molar-refractivity contribution in [2.75, 3.05) is 6.54 Å². The predicted octanol–water partition coefficient (Wildman–Crippen LogP) is -0.109. The van der Waals surface area contributed by atoms with Crippen LogP contribution < -0.4 is 15.4 Å². The van der Waals surface area contributed by atoms with E-state index >= 15 is 0 Å². The molecule has 10 nitrogen and oxygen atoms in total. The molecule has 0 aromatic heterocycles. The van der Waals surface area contributed by atoms with E-state index in [1.165, 1.54) is 19.9 Å². The van der Waals surface area contributed by atoms with E-state index in [0.717, 1.165) is 0 Å². The molecule has 1 heterocycles. The van der Waals surface area contributed by atoms with Gasteiger partial charge in [0.2, 0.25) is 0 Å². The highest BCUT2D eigenvalue weighted by atomic mass is 32.2. The second kappa shape index (κ2) is 8.16. The number of imide groups is 1. The number of carbonyl (C=O) groups excluding carboxylic acids is 3. The minimum absolute atomic E-state index is 0.0227. The molecule has 3 N–H and O–H groups in total. The molecule has 1 unspecified atom stereocenters. The van der Waals surface area contributed by atoms with Gasteiger partial charge in [0.25, 0.3) is 15.9 Å². The number of hydrogen-bond acceptors (Lipinski definition) is 7. The number of fused-ring (bicyclic) bond motifs is 1. The van der Waals surface area contributed by atoms with Crippen molar-refractivity contribution in [2.24, 2.45) is 4.99 Å². The summed E-state index contributed by atoms with van der Waals surface area (Å²) >= 11 is 0. The van der Waals surface area contributed by atoms with Gasteiger partial charge in [0.1, 0.15) is 11.9 Å². The minimum Gasteiger partial charge on any atom is -0.451 e. The van der Waals surface area contributed by atoms with Gasteiger partial charge in [-0.25, -0.2) is 18.0 Å². The van der Waals surface area contributed by atoms with Crippen molar-refractivity contribution in [3.8, 4) is 0 Å². The number of rotatable bonds is 5. The molecule has 0 saturated heterocycles. The fraction of sp³-hybridized carbons (Fsp3) is 0.375. The zero-order chi connectivity index (χ0) is 20.2. The van der Waals surface area contributed by atoms with Gasteiger partial charge in [-0.1, -0.05) is 12.1 Å². The van der Waals surface area contributed by atoms with Gasteiger partial charge in [-0.05, 0) is 32.9 Å². The molecule has 0 bridgehead atoms. The Morgan fingerprint density at radius 3 is 2.56 bits per heavy atom. The third kappa shape index (κ3) is 4.82. The molecule has 3 amide bonds. The van der Waals surface area contributed by atoms with Crippen LogP contribution in [0.5, 0.6) is 0 Å².